The molecule has 0 bridgehead atoms. The van der Waals surface area contributed by atoms with Crippen molar-refractivity contribution in [2.75, 3.05) is 0 Å². The summed E-state index contributed by atoms with van der Waals surface area (Å²) in [6.45, 7) is 5.32. The summed E-state index contributed by atoms with van der Waals surface area (Å²) >= 11 is 0. The molecule has 3 rings (SSSR count). The highest BCUT2D eigenvalue weighted by Gasteiger charge is 2.32. The lowest BCUT2D eigenvalue weighted by atomic mass is 9.97. The minimum atomic E-state index is -1.06. The number of carbonyl (C=O) groups excluding carboxylic acids is 1. The molecule has 1 aromatic heterocycles. The predicted octanol–water partition coefficient (Wildman–Crippen LogP) is 3.91. The summed E-state index contributed by atoms with van der Waals surface area (Å²) in [5, 5.41) is 26.9. The number of aliphatic carboxylic acids is 1. The quantitative estimate of drug-likeness (QED) is 0.410. The number of hydrogen-bond donors (Lipinski definition) is 2. The number of nitrogens with one attached hydrogen (secondary N) is 1. The fourth-order valence-corrected chi connectivity index (χ4v) is 3.84. The zero-order valence-electron chi connectivity index (χ0n) is 19.4. The van der Waals surface area contributed by atoms with Gasteiger partial charge in [-0.3, -0.25) is 4.79 Å². The number of nitroso groups, excluding NO2 is 1. The van der Waals surface area contributed by atoms with Crippen LogP contribution in [-0.2, 0) is 16.1 Å². The SMILES string of the molecule is CC(CCC(=O)N(Cc1ccc(-c2ccccc2-c2nn[nH]n2)cc1)C(C(=O)O)C(C)C)N=O. The number of H-pyrrole nitrogens is 1. The fourth-order valence-electron chi connectivity index (χ4n) is 3.84. The summed E-state index contributed by atoms with van der Waals surface area (Å²) in [5.41, 5.74) is 3.46. The first-order chi connectivity index (χ1) is 16.3. The highest BCUT2D eigenvalue weighted by atomic mass is 16.4. The molecule has 34 heavy (non-hydrogen) atoms. The Morgan fingerprint density at radius 1 is 1.06 bits per heavy atom. The number of carbonyl (C=O) groups is 2. The van der Waals surface area contributed by atoms with E-state index in [2.05, 4.69) is 25.8 Å². The highest BCUT2D eigenvalue weighted by molar-refractivity contribution is 5.84. The molecule has 0 radical (unpaired) electrons. The van der Waals surface area contributed by atoms with Crippen molar-refractivity contribution in [2.24, 2.45) is 11.1 Å². The topological polar surface area (TPSA) is 142 Å². The largest absolute Gasteiger partial charge is 0.480 e. The van der Waals surface area contributed by atoms with Gasteiger partial charge in [0.15, 0.2) is 0 Å². The normalized spacial score (nSPS) is 12.8. The van der Waals surface area contributed by atoms with Gasteiger partial charge in [0.2, 0.25) is 11.7 Å². The summed E-state index contributed by atoms with van der Waals surface area (Å²) in [6, 6.07) is 13.8. The maximum Gasteiger partial charge on any atom is 0.326 e. The second-order valence-corrected chi connectivity index (χ2v) is 8.52. The van der Waals surface area contributed by atoms with Gasteiger partial charge in [-0.15, -0.1) is 10.2 Å². The van der Waals surface area contributed by atoms with E-state index in [0.717, 1.165) is 22.3 Å². The maximum atomic E-state index is 13.0. The van der Waals surface area contributed by atoms with Gasteiger partial charge >= 0.3 is 5.97 Å². The first-order valence-electron chi connectivity index (χ1n) is 11.1. The van der Waals surface area contributed by atoms with Gasteiger partial charge in [-0.25, -0.2) is 4.79 Å². The third-order valence-electron chi connectivity index (χ3n) is 5.63. The predicted molar refractivity (Wildman–Crippen MR) is 126 cm³/mol. The molecule has 2 aromatic carbocycles. The van der Waals surface area contributed by atoms with Crippen LogP contribution in [0.15, 0.2) is 53.7 Å². The van der Waals surface area contributed by atoms with Crippen LogP contribution in [0.3, 0.4) is 0 Å². The molecule has 1 amide bonds. The third kappa shape index (κ3) is 5.89. The first-order valence-corrected chi connectivity index (χ1v) is 11.1. The van der Waals surface area contributed by atoms with Crippen molar-refractivity contribution in [3.8, 4) is 22.5 Å². The van der Waals surface area contributed by atoms with Crippen molar-refractivity contribution in [1.82, 2.24) is 25.5 Å². The molecule has 0 saturated carbocycles. The van der Waals surface area contributed by atoms with Crippen molar-refractivity contribution >= 4 is 11.9 Å². The van der Waals surface area contributed by atoms with E-state index < -0.39 is 18.1 Å². The van der Waals surface area contributed by atoms with E-state index in [1.54, 1.807) is 20.8 Å². The number of carboxylic acid groups (broad SMARTS) is 1. The molecule has 0 spiro atoms. The smallest absolute Gasteiger partial charge is 0.326 e. The average Bonchev–Trinajstić information content (AvgIpc) is 3.37. The standard InChI is InChI=1S/C24H28N6O4/c1-15(2)22(24(32)33)30(21(31)13-8-16(3)27-34)14-17-9-11-18(12-10-17)19-6-4-5-7-20(19)23-25-28-29-26-23/h4-7,9-12,15-16,22H,8,13-14H2,1-3H3,(H,32,33)(H,25,26,28,29). The van der Waals surface area contributed by atoms with Crippen LogP contribution in [0.5, 0.6) is 0 Å². The van der Waals surface area contributed by atoms with E-state index in [4.69, 9.17) is 0 Å². The summed E-state index contributed by atoms with van der Waals surface area (Å²) < 4.78 is 0. The van der Waals surface area contributed by atoms with Crippen LogP contribution in [0, 0.1) is 10.8 Å². The lowest BCUT2D eigenvalue weighted by Gasteiger charge is -2.32. The Balaban J connectivity index is 1.86. The summed E-state index contributed by atoms with van der Waals surface area (Å²) in [6.07, 6.45) is 0.328. The van der Waals surface area contributed by atoms with E-state index >= 15 is 0 Å². The van der Waals surface area contributed by atoms with Crippen LogP contribution in [0.2, 0.25) is 0 Å². The van der Waals surface area contributed by atoms with Gasteiger partial charge in [-0.1, -0.05) is 67.6 Å². The Morgan fingerprint density at radius 3 is 2.29 bits per heavy atom. The molecule has 2 unspecified atom stereocenters. The van der Waals surface area contributed by atoms with Gasteiger partial charge in [0.1, 0.15) is 6.04 Å². The molecule has 2 atom stereocenters. The second-order valence-electron chi connectivity index (χ2n) is 8.52. The van der Waals surface area contributed by atoms with E-state index in [9.17, 15) is 19.6 Å². The van der Waals surface area contributed by atoms with Gasteiger partial charge in [-0.2, -0.15) is 10.1 Å². The molecule has 10 nitrogen and oxygen atoms in total. The van der Waals surface area contributed by atoms with E-state index in [-0.39, 0.29) is 31.2 Å². The molecule has 0 aliphatic carbocycles. The number of tetrazole rings is 1. The zero-order valence-corrected chi connectivity index (χ0v) is 19.4. The first kappa shape index (κ1) is 24.7. The molecular formula is C24H28N6O4. The molecule has 1 heterocycles. The Bertz CT molecular complexity index is 1110. The molecule has 0 aliphatic rings. The number of aromatic nitrogens is 4. The minimum Gasteiger partial charge on any atom is -0.480 e. The van der Waals surface area contributed by atoms with Gasteiger partial charge in [-0.05, 0) is 41.2 Å². The van der Waals surface area contributed by atoms with E-state index in [1.165, 1.54) is 4.90 Å². The Kier molecular flexibility index (Phi) is 8.18. The van der Waals surface area contributed by atoms with Crippen LogP contribution < -0.4 is 0 Å². The van der Waals surface area contributed by atoms with E-state index in [0.29, 0.717) is 5.82 Å². The Morgan fingerprint density at radius 2 is 1.74 bits per heavy atom. The Labute approximate surface area is 197 Å². The zero-order chi connectivity index (χ0) is 24.7. The van der Waals surface area contributed by atoms with Crippen LogP contribution in [0.25, 0.3) is 22.5 Å². The molecule has 10 heteroatoms. The lowest BCUT2D eigenvalue weighted by molar-refractivity contribution is -0.153. The molecular weight excluding hydrogens is 436 g/mol. The molecule has 0 fully saturated rings. The second kappa shape index (κ2) is 11.3. The molecule has 178 valence electrons. The number of amides is 1. The third-order valence-corrected chi connectivity index (χ3v) is 5.63. The van der Waals surface area contributed by atoms with Gasteiger partial charge in [0.25, 0.3) is 0 Å². The van der Waals surface area contributed by atoms with Crippen molar-refractivity contribution in [1.29, 1.82) is 0 Å². The van der Waals surface area contributed by atoms with Crippen molar-refractivity contribution in [3.05, 3.63) is 59.0 Å². The van der Waals surface area contributed by atoms with Gasteiger partial charge in [0, 0.05) is 18.5 Å². The number of aromatic amines is 1. The van der Waals surface area contributed by atoms with Crippen molar-refractivity contribution in [2.45, 2.75) is 52.2 Å². The van der Waals surface area contributed by atoms with Crippen LogP contribution in [0.4, 0.5) is 0 Å². The molecule has 2 N–H and O–H groups in total. The molecule has 0 saturated heterocycles. The van der Waals surface area contributed by atoms with Crippen LogP contribution in [-0.4, -0.2) is 54.6 Å². The number of benzene rings is 2. The monoisotopic (exact) mass is 464 g/mol. The fraction of sp³-hybridized carbons (Fsp3) is 0.375. The minimum absolute atomic E-state index is 0.0551. The number of nitrogens with zero attached hydrogens (tertiary/aromatic N) is 5. The van der Waals surface area contributed by atoms with E-state index in [1.807, 2.05) is 48.5 Å². The van der Waals surface area contributed by atoms with Gasteiger partial charge < -0.3 is 10.0 Å². The van der Waals surface area contributed by atoms with Crippen LogP contribution >= 0.6 is 0 Å². The summed E-state index contributed by atoms with van der Waals surface area (Å²) in [7, 11) is 0. The van der Waals surface area contributed by atoms with Gasteiger partial charge in [0.05, 0.1) is 6.04 Å². The van der Waals surface area contributed by atoms with Crippen molar-refractivity contribution in [3.63, 3.8) is 0 Å². The average molecular weight is 465 g/mol. The summed E-state index contributed by atoms with van der Waals surface area (Å²) in [4.78, 5) is 37.0. The van der Waals surface area contributed by atoms with Crippen molar-refractivity contribution < 1.29 is 14.7 Å². The highest BCUT2D eigenvalue weighted by Crippen LogP contribution is 2.30. The number of carboxylic acids is 1. The maximum absolute atomic E-state index is 13.0. The molecule has 3 aromatic rings. The summed E-state index contributed by atoms with van der Waals surface area (Å²) in [5.74, 6) is -1.18. The number of rotatable bonds is 11. The number of hydrogen-bond acceptors (Lipinski definition) is 7. The Hall–Kier alpha value is -3.95. The molecule has 0 aliphatic heterocycles. The lowest BCUT2D eigenvalue weighted by Crippen LogP contribution is -2.47. The van der Waals surface area contributed by atoms with Crippen LogP contribution in [0.1, 0.15) is 39.2 Å².